The molecule has 0 aliphatic heterocycles. The number of ether oxygens (including phenoxy) is 1. The zero-order chi connectivity index (χ0) is 21.8. The summed E-state index contributed by atoms with van der Waals surface area (Å²) in [5, 5.41) is 2.88. The summed E-state index contributed by atoms with van der Waals surface area (Å²) >= 11 is 0. The van der Waals surface area contributed by atoms with E-state index in [4.69, 9.17) is 9.15 Å². The molecule has 0 saturated carbocycles. The van der Waals surface area contributed by atoms with Crippen LogP contribution in [0.1, 0.15) is 36.8 Å². The molecule has 0 unspecified atom stereocenters. The number of furan rings is 1. The van der Waals surface area contributed by atoms with Gasteiger partial charge in [-0.15, -0.1) is 0 Å². The third-order valence-electron chi connectivity index (χ3n) is 4.70. The Morgan fingerprint density at radius 3 is 2.47 bits per heavy atom. The first-order valence-electron chi connectivity index (χ1n) is 10.4. The van der Waals surface area contributed by atoms with Gasteiger partial charge in [-0.1, -0.05) is 43.7 Å². The van der Waals surface area contributed by atoms with Crippen LogP contribution in [0.15, 0.2) is 46.9 Å². The number of methoxy groups -OCH3 is 1. The van der Waals surface area contributed by atoms with Crippen molar-refractivity contribution in [2.24, 2.45) is 0 Å². The summed E-state index contributed by atoms with van der Waals surface area (Å²) in [4.78, 5) is 29.0. The SMILES string of the molecule is CCCCNC(=O)N(CCOC)CC(=O)N(Cc1ccccc1)Cc1ccc(C)o1. The van der Waals surface area contributed by atoms with Crippen molar-refractivity contribution in [2.75, 3.05) is 33.4 Å². The van der Waals surface area contributed by atoms with Crippen molar-refractivity contribution in [1.29, 1.82) is 0 Å². The van der Waals surface area contributed by atoms with E-state index in [-0.39, 0.29) is 18.5 Å². The zero-order valence-electron chi connectivity index (χ0n) is 18.2. The normalized spacial score (nSPS) is 10.6. The summed E-state index contributed by atoms with van der Waals surface area (Å²) in [6.45, 7) is 6.01. The summed E-state index contributed by atoms with van der Waals surface area (Å²) in [5.41, 5.74) is 1.02. The summed E-state index contributed by atoms with van der Waals surface area (Å²) in [6, 6.07) is 13.3. The number of rotatable bonds is 12. The number of amides is 3. The van der Waals surface area contributed by atoms with Crippen LogP contribution < -0.4 is 5.32 Å². The molecule has 2 aromatic rings. The Morgan fingerprint density at radius 2 is 1.83 bits per heavy atom. The first-order valence-corrected chi connectivity index (χ1v) is 10.4. The van der Waals surface area contributed by atoms with Crippen molar-refractivity contribution < 1.29 is 18.7 Å². The number of urea groups is 1. The predicted octanol–water partition coefficient (Wildman–Crippen LogP) is 3.57. The lowest BCUT2D eigenvalue weighted by molar-refractivity contribution is -0.133. The molecule has 164 valence electrons. The minimum absolute atomic E-state index is 0.0200. The van der Waals surface area contributed by atoms with Gasteiger partial charge in [0.2, 0.25) is 5.91 Å². The summed E-state index contributed by atoms with van der Waals surface area (Å²) < 4.78 is 10.8. The number of nitrogens with zero attached hydrogens (tertiary/aromatic N) is 2. The molecule has 30 heavy (non-hydrogen) atoms. The van der Waals surface area contributed by atoms with Gasteiger partial charge in [0.05, 0.1) is 13.2 Å². The maximum absolute atomic E-state index is 13.2. The molecule has 0 atom stereocenters. The van der Waals surface area contributed by atoms with E-state index in [9.17, 15) is 9.59 Å². The average molecular weight is 416 g/mol. The summed E-state index contributed by atoms with van der Waals surface area (Å²) in [7, 11) is 1.58. The van der Waals surface area contributed by atoms with Gasteiger partial charge in [-0.3, -0.25) is 4.79 Å². The number of benzene rings is 1. The Morgan fingerprint density at radius 1 is 1.07 bits per heavy atom. The molecule has 1 aromatic heterocycles. The van der Waals surface area contributed by atoms with Gasteiger partial charge in [0, 0.05) is 26.7 Å². The van der Waals surface area contributed by atoms with Crippen LogP contribution in [0.4, 0.5) is 4.79 Å². The van der Waals surface area contributed by atoms with Gasteiger partial charge >= 0.3 is 6.03 Å². The molecule has 1 N–H and O–H groups in total. The van der Waals surface area contributed by atoms with Crippen molar-refractivity contribution in [3.8, 4) is 0 Å². The van der Waals surface area contributed by atoms with Crippen LogP contribution in [0.25, 0.3) is 0 Å². The van der Waals surface area contributed by atoms with Crippen LogP contribution in [0, 0.1) is 6.92 Å². The van der Waals surface area contributed by atoms with Crippen molar-refractivity contribution in [3.63, 3.8) is 0 Å². The topological polar surface area (TPSA) is 75.0 Å². The molecule has 2 rings (SSSR count). The molecule has 1 heterocycles. The first-order chi connectivity index (χ1) is 14.5. The van der Waals surface area contributed by atoms with Crippen molar-refractivity contribution in [3.05, 3.63) is 59.5 Å². The number of carbonyl (C=O) groups excluding carboxylic acids is 2. The fraction of sp³-hybridized carbons (Fsp3) is 0.478. The molecular weight excluding hydrogens is 382 g/mol. The largest absolute Gasteiger partial charge is 0.464 e. The minimum atomic E-state index is -0.248. The molecule has 0 radical (unpaired) electrons. The summed E-state index contributed by atoms with van der Waals surface area (Å²) in [5.74, 6) is 1.37. The van der Waals surface area contributed by atoms with E-state index < -0.39 is 0 Å². The highest BCUT2D eigenvalue weighted by Gasteiger charge is 2.22. The van der Waals surface area contributed by atoms with Gasteiger partial charge in [0.1, 0.15) is 18.1 Å². The molecule has 7 nitrogen and oxygen atoms in total. The second-order valence-corrected chi connectivity index (χ2v) is 7.25. The molecule has 0 fully saturated rings. The van der Waals surface area contributed by atoms with E-state index in [0.717, 1.165) is 24.2 Å². The van der Waals surface area contributed by atoms with Crippen LogP contribution in [-0.4, -0.2) is 55.1 Å². The molecule has 0 spiro atoms. The Hall–Kier alpha value is -2.80. The number of aryl methyl sites for hydroxylation is 1. The molecule has 0 aliphatic carbocycles. The quantitative estimate of drug-likeness (QED) is 0.538. The van der Waals surface area contributed by atoms with E-state index in [1.165, 1.54) is 4.90 Å². The van der Waals surface area contributed by atoms with Crippen molar-refractivity contribution in [1.82, 2.24) is 15.1 Å². The Kier molecular flexibility index (Phi) is 9.94. The second-order valence-electron chi connectivity index (χ2n) is 7.25. The van der Waals surface area contributed by atoms with Crippen LogP contribution >= 0.6 is 0 Å². The second kappa shape index (κ2) is 12.7. The fourth-order valence-electron chi connectivity index (χ4n) is 3.00. The van der Waals surface area contributed by atoms with Crippen LogP contribution in [0.5, 0.6) is 0 Å². The lowest BCUT2D eigenvalue weighted by Crippen LogP contribution is -2.47. The van der Waals surface area contributed by atoms with Gasteiger partial charge < -0.3 is 24.3 Å². The Labute approximate surface area is 179 Å². The third kappa shape index (κ3) is 7.91. The number of carbonyl (C=O) groups is 2. The van der Waals surface area contributed by atoms with Gasteiger partial charge in [0.25, 0.3) is 0 Å². The molecule has 3 amide bonds. The van der Waals surface area contributed by atoms with Crippen LogP contribution in [0.2, 0.25) is 0 Å². The molecule has 1 aromatic carbocycles. The third-order valence-corrected chi connectivity index (χ3v) is 4.70. The lowest BCUT2D eigenvalue weighted by atomic mass is 10.2. The molecule has 0 bridgehead atoms. The van der Waals surface area contributed by atoms with Gasteiger partial charge in [-0.2, -0.15) is 0 Å². The maximum Gasteiger partial charge on any atom is 0.317 e. The van der Waals surface area contributed by atoms with Gasteiger partial charge in [-0.25, -0.2) is 4.79 Å². The maximum atomic E-state index is 13.2. The van der Waals surface area contributed by atoms with E-state index in [2.05, 4.69) is 12.2 Å². The smallest absolute Gasteiger partial charge is 0.317 e. The van der Waals surface area contributed by atoms with E-state index in [0.29, 0.717) is 38.5 Å². The summed E-state index contributed by atoms with van der Waals surface area (Å²) in [6.07, 6.45) is 1.89. The van der Waals surface area contributed by atoms with Crippen molar-refractivity contribution >= 4 is 11.9 Å². The van der Waals surface area contributed by atoms with E-state index >= 15 is 0 Å². The number of hydrogen-bond donors (Lipinski definition) is 1. The average Bonchev–Trinajstić information content (AvgIpc) is 3.16. The lowest BCUT2D eigenvalue weighted by Gasteiger charge is -2.27. The Balaban J connectivity index is 2.10. The number of unbranched alkanes of at least 4 members (excludes halogenated alkanes) is 1. The van der Waals surface area contributed by atoms with Crippen LogP contribution in [0.3, 0.4) is 0 Å². The van der Waals surface area contributed by atoms with Gasteiger partial charge in [-0.05, 0) is 31.0 Å². The molecule has 7 heteroatoms. The highest BCUT2D eigenvalue weighted by molar-refractivity contribution is 5.84. The number of hydrogen-bond acceptors (Lipinski definition) is 4. The monoisotopic (exact) mass is 415 g/mol. The van der Waals surface area contributed by atoms with E-state index in [1.807, 2.05) is 49.4 Å². The van der Waals surface area contributed by atoms with E-state index in [1.54, 1.807) is 12.0 Å². The first kappa shape index (κ1) is 23.5. The standard InChI is InChI=1S/C23H33N3O4/c1-4-5-13-24-23(28)25(14-15-29-3)18-22(27)26(16-20-9-7-6-8-10-20)17-21-12-11-19(2)30-21/h6-12H,4-5,13-18H2,1-3H3,(H,24,28). The predicted molar refractivity (Wildman–Crippen MR) is 116 cm³/mol. The zero-order valence-corrected chi connectivity index (χ0v) is 18.2. The van der Waals surface area contributed by atoms with Crippen molar-refractivity contribution in [2.45, 2.75) is 39.8 Å². The highest BCUT2D eigenvalue weighted by Crippen LogP contribution is 2.13. The fourth-order valence-corrected chi connectivity index (χ4v) is 3.00. The number of nitrogens with one attached hydrogen (secondary N) is 1. The Bertz CT molecular complexity index is 776. The minimum Gasteiger partial charge on any atom is -0.464 e. The highest BCUT2D eigenvalue weighted by atomic mass is 16.5. The molecule has 0 saturated heterocycles. The van der Waals surface area contributed by atoms with Gasteiger partial charge in [0.15, 0.2) is 0 Å². The van der Waals surface area contributed by atoms with Crippen LogP contribution in [-0.2, 0) is 22.6 Å². The molecule has 0 aliphatic rings. The molecular formula is C23H33N3O4.